The van der Waals surface area contributed by atoms with E-state index in [2.05, 4.69) is 15.5 Å². The van der Waals surface area contributed by atoms with Crippen molar-refractivity contribution < 1.29 is 4.79 Å². The third-order valence-electron chi connectivity index (χ3n) is 3.18. The van der Waals surface area contributed by atoms with E-state index in [1.54, 1.807) is 0 Å². The summed E-state index contributed by atoms with van der Waals surface area (Å²) in [6.45, 7) is 3.75. The van der Waals surface area contributed by atoms with Crippen LogP contribution in [0.5, 0.6) is 0 Å². The van der Waals surface area contributed by atoms with Crippen molar-refractivity contribution in [3.63, 3.8) is 0 Å². The maximum absolute atomic E-state index is 12.0. The second kappa shape index (κ2) is 5.32. The highest BCUT2D eigenvalue weighted by Gasteiger charge is 2.24. The number of nitrogens with two attached hydrogens (primary N) is 1. The average molecular weight is 268 g/mol. The van der Waals surface area contributed by atoms with Gasteiger partial charge in [-0.05, 0) is 26.7 Å². The molecule has 1 aromatic heterocycles. The number of carbonyl (C=O) groups excluding carboxylic acids is 1. The molecule has 0 atom stereocenters. The minimum Gasteiger partial charge on any atom is -0.320 e. The van der Waals surface area contributed by atoms with Gasteiger partial charge in [0.05, 0.1) is 5.54 Å². The first-order chi connectivity index (χ1) is 8.47. The quantitative estimate of drug-likeness (QED) is 0.881. The molecule has 1 amide bonds. The first kappa shape index (κ1) is 13.4. The molecule has 1 aliphatic rings. The molecule has 18 heavy (non-hydrogen) atoms. The van der Waals surface area contributed by atoms with Crippen LogP contribution < -0.4 is 11.1 Å². The first-order valence-corrected chi connectivity index (χ1v) is 7.22. The summed E-state index contributed by atoms with van der Waals surface area (Å²) in [4.78, 5) is 12.0. The summed E-state index contributed by atoms with van der Waals surface area (Å²) < 4.78 is 0. The summed E-state index contributed by atoms with van der Waals surface area (Å²) >= 11 is 1.35. The second-order valence-corrected chi connectivity index (χ2v) is 6.44. The summed E-state index contributed by atoms with van der Waals surface area (Å²) in [6.07, 6.45) is 5.51. The molecular weight excluding hydrogens is 248 g/mol. The zero-order valence-corrected chi connectivity index (χ0v) is 11.7. The van der Waals surface area contributed by atoms with Gasteiger partial charge in [-0.3, -0.25) is 4.79 Å². The number of anilines is 1. The Hall–Kier alpha value is -1.01. The standard InChI is InChI=1S/C12H20N4OS/c1-12(2,13)10-15-16-11(18-10)14-9(17)8-6-4-3-5-7-8/h8H,3-7,13H2,1-2H3,(H,14,16,17). The van der Waals surface area contributed by atoms with E-state index in [0.29, 0.717) is 5.13 Å². The normalized spacial score (nSPS) is 17.7. The number of hydrogen-bond donors (Lipinski definition) is 2. The van der Waals surface area contributed by atoms with Crippen LogP contribution in [0.1, 0.15) is 51.0 Å². The predicted octanol–water partition coefficient (Wildman–Crippen LogP) is 2.25. The Morgan fingerprint density at radius 2 is 2.00 bits per heavy atom. The van der Waals surface area contributed by atoms with E-state index >= 15 is 0 Å². The molecule has 0 radical (unpaired) electrons. The Kier molecular flexibility index (Phi) is 3.97. The minimum absolute atomic E-state index is 0.0761. The molecule has 0 saturated heterocycles. The van der Waals surface area contributed by atoms with Gasteiger partial charge in [-0.25, -0.2) is 0 Å². The Morgan fingerprint density at radius 3 is 2.56 bits per heavy atom. The van der Waals surface area contributed by atoms with Gasteiger partial charge < -0.3 is 11.1 Å². The number of nitrogens with one attached hydrogen (secondary N) is 1. The molecule has 0 unspecified atom stereocenters. The van der Waals surface area contributed by atoms with Gasteiger partial charge >= 0.3 is 0 Å². The largest absolute Gasteiger partial charge is 0.320 e. The third kappa shape index (κ3) is 3.26. The monoisotopic (exact) mass is 268 g/mol. The smallest absolute Gasteiger partial charge is 0.229 e. The molecule has 1 fully saturated rings. The molecule has 6 heteroatoms. The van der Waals surface area contributed by atoms with Crippen LogP contribution in [-0.4, -0.2) is 16.1 Å². The summed E-state index contributed by atoms with van der Waals surface area (Å²) in [5, 5.41) is 12.1. The molecule has 1 heterocycles. The SMILES string of the molecule is CC(C)(N)c1nnc(NC(=O)C2CCCCC2)s1. The number of carbonyl (C=O) groups is 1. The fourth-order valence-corrected chi connectivity index (χ4v) is 2.87. The zero-order chi connectivity index (χ0) is 13.2. The van der Waals surface area contributed by atoms with Gasteiger partial charge in [-0.2, -0.15) is 0 Å². The molecule has 1 aliphatic carbocycles. The highest BCUT2D eigenvalue weighted by atomic mass is 32.1. The third-order valence-corrected chi connectivity index (χ3v) is 4.36. The second-order valence-electron chi connectivity index (χ2n) is 5.46. The zero-order valence-electron chi connectivity index (χ0n) is 10.9. The van der Waals surface area contributed by atoms with E-state index in [4.69, 9.17) is 5.73 Å². The lowest BCUT2D eigenvalue weighted by Crippen LogP contribution is -2.28. The van der Waals surface area contributed by atoms with Gasteiger partial charge in [0.1, 0.15) is 5.01 Å². The van der Waals surface area contributed by atoms with Gasteiger partial charge in [0, 0.05) is 5.92 Å². The van der Waals surface area contributed by atoms with Crippen molar-refractivity contribution in [2.24, 2.45) is 11.7 Å². The molecule has 0 aromatic carbocycles. The van der Waals surface area contributed by atoms with E-state index in [-0.39, 0.29) is 11.8 Å². The Labute approximate surface area is 111 Å². The molecule has 1 aromatic rings. The summed E-state index contributed by atoms with van der Waals surface area (Å²) in [5.74, 6) is 0.212. The van der Waals surface area contributed by atoms with Crippen molar-refractivity contribution in [1.82, 2.24) is 10.2 Å². The van der Waals surface area contributed by atoms with Crippen LogP contribution in [0.3, 0.4) is 0 Å². The van der Waals surface area contributed by atoms with Crippen LogP contribution >= 0.6 is 11.3 Å². The molecular formula is C12H20N4OS. The number of amides is 1. The molecule has 2 rings (SSSR count). The molecule has 0 aliphatic heterocycles. The van der Waals surface area contributed by atoms with Crippen molar-refractivity contribution in [3.05, 3.63) is 5.01 Å². The Balaban J connectivity index is 1.96. The molecule has 3 N–H and O–H groups in total. The highest BCUT2D eigenvalue weighted by Crippen LogP contribution is 2.27. The molecule has 0 bridgehead atoms. The van der Waals surface area contributed by atoms with Crippen LogP contribution in [0.2, 0.25) is 0 Å². The van der Waals surface area contributed by atoms with Gasteiger partial charge in [-0.15, -0.1) is 10.2 Å². The molecule has 100 valence electrons. The summed E-state index contributed by atoms with van der Waals surface area (Å²) in [7, 11) is 0. The van der Waals surface area contributed by atoms with Gasteiger partial charge in [0.25, 0.3) is 0 Å². The molecule has 5 nitrogen and oxygen atoms in total. The van der Waals surface area contributed by atoms with E-state index in [9.17, 15) is 4.79 Å². The van der Waals surface area contributed by atoms with E-state index in [0.717, 1.165) is 30.7 Å². The van der Waals surface area contributed by atoms with Crippen LogP contribution in [0.15, 0.2) is 0 Å². The maximum Gasteiger partial charge on any atom is 0.229 e. The van der Waals surface area contributed by atoms with Crippen molar-refractivity contribution >= 4 is 22.4 Å². The summed E-state index contributed by atoms with van der Waals surface area (Å²) in [5.41, 5.74) is 5.43. The highest BCUT2D eigenvalue weighted by molar-refractivity contribution is 7.15. The lowest BCUT2D eigenvalue weighted by molar-refractivity contribution is -0.120. The van der Waals surface area contributed by atoms with Gasteiger partial charge in [0.2, 0.25) is 11.0 Å². The first-order valence-electron chi connectivity index (χ1n) is 6.40. The molecule has 0 spiro atoms. The number of nitrogens with zero attached hydrogens (tertiary/aromatic N) is 2. The van der Waals surface area contributed by atoms with Crippen molar-refractivity contribution in [3.8, 4) is 0 Å². The van der Waals surface area contributed by atoms with Crippen LogP contribution in [0, 0.1) is 5.92 Å². The fraction of sp³-hybridized carbons (Fsp3) is 0.750. The predicted molar refractivity (Wildman–Crippen MR) is 72.3 cm³/mol. The van der Waals surface area contributed by atoms with Gasteiger partial charge in [-0.1, -0.05) is 30.6 Å². The van der Waals surface area contributed by atoms with Crippen molar-refractivity contribution in [2.75, 3.05) is 5.32 Å². The lowest BCUT2D eigenvalue weighted by atomic mass is 9.89. The van der Waals surface area contributed by atoms with Gasteiger partial charge in [0.15, 0.2) is 0 Å². The fourth-order valence-electron chi connectivity index (χ4n) is 2.11. The van der Waals surface area contributed by atoms with E-state index in [1.807, 2.05) is 13.8 Å². The average Bonchev–Trinajstić information content (AvgIpc) is 2.78. The summed E-state index contributed by atoms with van der Waals surface area (Å²) in [6, 6.07) is 0. The Bertz CT molecular complexity index is 418. The number of aromatic nitrogens is 2. The lowest BCUT2D eigenvalue weighted by Gasteiger charge is -2.19. The topological polar surface area (TPSA) is 80.9 Å². The van der Waals surface area contributed by atoms with Crippen LogP contribution in [0.4, 0.5) is 5.13 Å². The van der Waals surface area contributed by atoms with E-state index < -0.39 is 5.54 Å². The Morgan fingerprint density at radius 1 is 1.33 bits per heavy atom. The number of rotatable bonds is 3. The van der Waals surface area contributed by atoms with Crippen LogP contribution in [-0.2, 0) is 10.3 Å². The van der Waals surface area contributed by atoms with Crippen LogP contribution in [0.25, 0.3) is 0 Å². The van der Waals surface area contributed by atoms with Crippen molar-refractivity contribution in [1.29, 1.82) is 0 Å². The van der Waals surface area contributed by atoms with E-state index in [1.165, 1.54) is 17.8 Å². The minimum atomic E-state index is -0.508. The number of hydrogen-bond acceptors (Lipinski definition) is 5. The van der Waals surface area contributed by atoms with Crippen molar-refractivity contribution in [2.45, 2.75) is 51.5 Å². The maximum atomic E-state index is 12.0. The molecule has 1 saturated carbocycles.